The van der Waals surface area contributed by atoms with E-state index in [-0.39, 0.29) is 59.9 Å². The van der Waals surface area contributed by atoms with Crippen LogP contribution in [0.2, 0.25) is 5.02 Å². The average Bonchev–Trinajstić information content (AvgIpc) is 3.39. The highest BCUT2D eigenvalue weighted by Crippen LogP contribution is 2.44. The first-order chi connectivity index (χ1) is 20.1. The molecule has 2 aliphatic rings. The Hall–Kier alpha value is -3.08. The lowest BCUT2D eigenvalue weighted by Crippen LogP contribution is -2.41. The van der Waals surface area contributed by atoms with E-state index in [4.69, 9.17) is 16.3 Å². The molecule has 8 nitrogen and oxygen atoms in total. The third kappa shape index (κ3) is 7.19. The van der Waals surface area contributed by atoms with Gasteiger partial charge >= 0.3 is 12.1 Å². The van der Waals surface area contributed by atoms with E-state index in [2.05, 4.69) is 18.9 Å². The lowest BCUT2D eigenvalue weighted by molar-refractivity contribution is -0.152. The Kier molecular flexibility index (Phi) is 9.54. The van der Waals surface area contributed by atoms with E-state index < -0.39 is 53.1 Å². The number of carbonyl (C=O) groups is 3. The zero-order valence-electron chi connectivity index (χ0n) is 25.0. The molecule has 0 spiro atoms. The number of carboxylic acids is 1. The number of carbonyl (C=O) groups excluding carboxylic acids is 2. The molecule has 43 heavy (non-hydrogen) atoms. The SMILES string of the molecule is COc1cccc(Cl)c1C(=O)CN(CC1CCC(C)(C)CC1)C(=O)c1cnn(C2CCC(C)(C(=O)O)CC2)c1C(F)(F)F. The van der Waals surface area contributed by atoms with Gasteiger partial charge in [-0.1, -0.05) is 31.5 Å². The predicted molar refractivity (Wildman–Crippen MR) is 154 cm³/mol. The molecule has 1 amide bonds. The van der Waals surface area contributed by atoms with Crippen molar-refractivity contribution in [3.8, 4) is 5.75 Å². The second kappa shape index (κ2) is 12.5. The maximum atomic E-state index is 14.6. The summed E-state index contributed by atoms with van der Waals surface area (Å²) < 4.78 is 49.9. The first-order valence-electron chi connectivity index (χ1n) is 14.6. The Morgan fingerprint density at radius 1 is 1.09 bits per heavy atom. The molecule has 0 saturated heterocycles. The van der Waals surface area contributed by atoms with Gasteiger partial charge in [0.1, 0.15) is 5.75 Å². The van der Waals surface area contributed by atoms with Crippen LogP contribution < -0.4 is 4.74 Å². The van der Waals surface area contributed by atoms with Crippen LogP contribution in [0.25, 0.3) is 0 Å². The molecule has 1 aromatic heterocycles. The van der Waals surface area contributed by atoms with Gasteiger partial charge in [0.25, 0.3) is 5.91 Å². The highest BCUT2D eigenvalue weighted by Gasteiger charge is 2.45. The standard InChI is InChI=1S/C31H39ClF3N3O5/c1-29(2)12-8-19(9-13-29)17-37(18-23(39)25-22(32)6-5-7-24(25)43-4)27(40)21-16-36-38(26(21)31(33,34)35)20-10-14-30(3,15-11-20)28(41)42/h5-7,16,19-20H,8-15,17-18H2,1-4H3,(H,41,42). The number of halogens is 4. The van der Waals surface area contributed by atoms with Crippen LogP contribution >= 0.6 is 11.6 Å². The van der Waals surface area contributed by atoms with Crippen LogP contribution in [0.1, 0.15) is 105 Å². The molecule has 0 aliphatic heterocycles. The highest BCUT2D eigenvalue weighted by molar-refractivity contribution is 6.34. The van der Waals surface area contributed by atoms with Gasteiger partial charge < -0.3 is 14.7 Å². The van der Waals surface area contributed by atoms with E-state index in [1.807, 2.05) is 0 Å². The molecular formula is C31H39ClF3N3O5. The molecule has 0 unspecified atom stereocenters. The number of carboxylic acid groups (broad SMARTS) is 1. The van der Waals surface area contributed by atoms with Crippen LogP contribution in [-0.4, -0.2) is 57.6 Å². The van der Waals surface area contributed by atoms with E-state index in [1.165, 1.54) is 18.1 Å². The normalized spacial score (nSPS) is 22.7. The maximum absolute atomic E-state index is 14.6. The van der Waals surface area contributed by atoms with Crippen molar-refractivity contribution < 1.29 is 37.4 Å². The number of hydrogen-bond acceptors (Lipinski definition) is 5. The van der Waals surface area contributed by atoms with Crippen molar-refractivity contribution in [3.05, 3.63) is 46.2 Å². The van der Waals surface area contributed by atoms with Crippen LogP contribution in [0.4, 0.5) is 13.2 Å². The molecule has 0 atom stereocenters. The Bertz CT molecular complexity index is 1350. The number of hydrogen-bond donors (Lipinski definition) is 1. The van der Waals surface area contributed by atoms with Crippen molar-refractivity contribution in [2.75, 3.05) is 20.2 Å². The third-order valence-electron chi connectivity index (χ3n) is 9.25. The number of amides is 1. The zero-order chi connectivity index (χ0) is 31.7. The van der Waals surface area contributed by atoms with Crippen molar-refractivity contribution in [1.29, 1.82) is 0 Å². The fourth-order valence-corrected chi connectivity index (χ4v) is 6.59. The number of Topliss-reactive ketones (excluding diaryl/α,β-unsaturated/α-hetero) is 1. The van der Waals surface area contributed by atoms with Gasteiger partial charge in [0.2, 0.25) is 0 Å². The fourth-order valence-electron chi connectivity index (χ4n) is 6.32. The molecule has 236 valence electrons. The molecule has 2 aromatic rings. The topological polar surface area (TPSA) is 102 Å². The van der Waals surface area contributed by atoms with Crippen molar-refractivity contribution in [2.24, 2.45) is 16.7 Å². The van der Waals surface area contributed by atoms with Gasteiger partial charge in [-0.25, -0.2) is 0 Å². The fraction of sp³-hybridized carbons (Fsp3) is 0.613. The number of ketones is 1. The minimum Gasteiger partial charge on any atom is -0.496 e. The Labute approximate surface area is 254 Å². The second-order valence-electron chi connectivity index (χ2n) is 13.0. The molecular weight excluding hydrogens is 587 g/mol. The molecule has 1 heterocycles. The third-order valence-corrected chi connectivity index (χ3v) is 9.56. The number of aromatic nitrogens is 2. The molecule has 1 N–H and O–H groups in total. The van der Waals surface area contributed by atoms with E-state index in [0.29, 0.717) is 0 Å². The molecule has 12 heteroatoms. The first-order valence-corrected chi connectivity index (χ1v) is 15.0. The van der Waals surface area contributed by atoms with Crippen LogP contribution in [0.3, 0.4) is 0 Å². The summed E-state index contributed by atoms with van der Waals surface area (Å²) in [6.45, 7) is 5.53. The quantitative estimate of drug-likeness (QED) is 0.293. The lowest BCUT2D eigenvalue weighted by Gasteiger charge is -2.36. The minimum atomic E-state index is -4.91. The maximum Gasteiger partial charge on any atom is 0.433 e. The number of nitrogens with zero attached hydrogens (tertiary/aromatic N) is 3. The molecule has 2 saturated carbocycles. The number of methoxy groups -OCH3 is 1. The minimum absolute atomic E-state index is 0.00865. The van der Waals surface area contributed by atoms with Gasteiger partial charge in [-0.2, -0.15) is 18.3 Å². The summed E-state index contributed by atoms with van der Waals surface area (Å²) in [5.74, 6) is -2.25. The van der Waals surface area contributed by atoms with Gasteiger partial charge in [-0.05, 0) is 81.8 Å². The summed E-state index contributed by atoms with van der Waals surface area (Å²) in [4.78, 5) is 40.4. The monoisotopic (exact) mass is 625 g/mol. The summed E-state index contributed by atoms with van der Waals surface area (Å²) >= 11 is 6.32. The smallest absolute Gasteiger partial charge is 0.433 e. The van der Waals surface area contributed by atoms with E-state index in [0.717, 1.165) is 36.6 Å². The summed E-state index contributed by atoms with van der Waals surface area (Å²) in [6.07, 6.45) is 0.0769. The van der Waals surface area contributed by atoms with Crippen molar-refractivity contribution in [1.82, 2.24) is 14.7 Å². The molecule has 4 rings (SSSR count). The lowest BCUT2D eigenvalue weighted by atomic mass is 9.73. The molecule has 0 radical (unpaired) electrons. The van der Waals surface area contributed by atoms with Crippen LogP contribution in [-0.2, 0) is 11.0 Å². The average molecular weight is 626 g/mol. The molecule has 2 aliphatic carbocycles. The molecule has 1 aromatic carbocycles. The number of alkyl halides is 3. The number of rotatable bonds is 9. The van der Waals surface area contributed by atoms with Crippen molar-refractivity contribution in [2.45, 2.75) is 84.4 Å². The summed E-state index contributed by atoms with van der Waals surface area (Å²) in [6, 6.07) is 3.96. The van der Waals surface area contributed by atoms with E-state index in [9.17, 15) is 32.7 Å². The van der Waals surface area contributed by atoms with Crippen molar-refractivity contribution >= 4 is 29.3 Å². The number of aliphatic carboxylic acids is 1. The van der Waals surface area contributed by atoms with Crippen LogP contribution in [0, 0.1) is 16.7 Å². The Balaban J connectivity index is 1.67. The van der Waals surface area contributed by atoms with E-state index >= 15 is 0 Å². The van der Waals surface area contributed by atoms with Gasteiger partial charge in [-0.15, -0.1) is 0 Å². The summed E-state index contributed by atoms with van der Waals surface area (Å²) in [7, 11) is 1.38. The second-order valence-corrected chi connectivity index (χ2v) is 13.4. The molecule has 2 fully saturated rings. The van der Waals surface area contributed by atoms with Gasteiger partial charge in [0, 0.05) is 6.54 Å². The predicted octanol–water partition coefficient (Wildman–Crippen LogP) is 7.31. The van der Waals surface area contributed by atoms with Crippen molar-refractivity contribution in [3.63, 3.8) is 0 Å². The Morgan fingerprint density at radius 2 is 1.72 bits per heavy atom. The zero-order valence-corrected chi connectivity index (χ0v) is 25.7. The largest absolute Gasteiger partial charge is 0.496 e. The number of benzene rings is 1. The van der Waals surface area contributed by atoms with E-state index in [1.54, 1.807) is 19.1 Å². The van der Waals surface area contributed by atoms with Gasteiger partial charge in [-0.3, -0.25) is 19.1 Å². The summed E-state index contributed by atoms with van der Waals surface area (Å²) in [5.41, 5.74) is -2.64. The van der Waals surface area contributed by atoms with Gasteiger partial charge in [0.05, 0.1) is 47.5 Å². The van der Waals surface area contributed by atoms with Crippen LogP contribution in [0.5, 0.6) is 5.75 Å². The van der Waals surface area contributed by atoms with Crippen LogP contribution in [0.15, 0.2) is 24.4 Å². The van der Waals surface area contributed by atoms with Gasteiger partial charge in [0.15, 0.2) is 11.5 Å². The molecule has 0 bridgehead atoms. The Morgan fingerprint density at radius 3 is 2.28 bits per heavy atom. The highest BCUT2D eigenvalue weighted by atomic mass is 35.5. The summed E-state index contributed by atoms with van der Waals surface area (Å²) in [5, 5.41) is 13.7. The first kappa shape index (κ1) is 32.8. The number of ether oxygens (including phenoxy) is 1.